The maximum Gasteiger partial charge on any atom is 0.235 e. The summed E-state index contributed by atoms with van der Waals surface area (Å²) >= 11 is 0. The van der Waals surface area contributed by atoms with Crippen LogP contribution in [0.1, 0.15) is 49.8 Å². The van der Waals surface area contributed by atoms with Crippen molar-refractivity contribution in [2.45, 2.75) is 44.1 Å². The fraction of sp³-hybridized carbons (Fsp3) is 0.562. The number of benzene rings is 1. The Hall–Kier alpha value is -1.42. The molecule has 2 fully saturated rings. The van der Waals surface area contributed by atoms with Gasteiger partial charge in [-0.1, -0.05) is 13.0 Å². The minimum atomic E-state index is -0.409. The predicted octanol–water partition coefficient (Wildman–Crippen LogP) is 2.87. The zero-order valence-electron chi connectivity index (χ0n) is 11.6. The Morgan fingerprint density at radius 2 is 2.10 bits per heavy atom. The zero-order chi connectivity index (χ0) is 13.9. The van der Waals surface area contributed by atoms with E-state index in [0.29, 0.717) is 11.6 Å². The molecular formula is C16H19FN2O. The van der Waals surface area contributed by atoms with Gasteiger partial charge in [-0.25, -0.2) is 4.39 Å². The molecule has 1 aromatic carbocycles. The van der Waals surface area contributed by atoms with E-state index in [9.17, 15) is 9.18 Å². The highest BCUT2D eigenvalue weighted by molar-refractivity contribution is 6.08. The van der Waals surface area contributed by atoms with Crippen molar-refractivity contribution >= 4 is 11.6 Å². The van der Waals surface area contributed by atoms with Crippen LogP contribution >= 0.6 is 0 Å². The number of fused-ring (bicyclic) bond motifs is 2. The summed E-state index contributed by atoms with van der Waals surface area (Å²) in [5.74, 6) is 0.382. The van der Waals surface area contributed by atoms with Crippen molar-refractivity contribution in [2.75, 3.05) is 11.9 Å². The first kappa shape index (κ1) is 12.3. The summed E-state index contributed by atoms with van der Waals surface area (Å²) in [4.78, 5) is 12.0. The van der Waals surface area contributed by atoms with Crippen LogP contribution < -0.4 is 10.6 Å². The predicted molar refractivity (Wildman–Crippen MR) is 75.1 cm³/mol. The van der Waals surface area contributed by atoms with Crippen LogP contribution in [0.5, 0.6) is 0 Å². The molecule has 2 unspecified atom stereocenters. The zero-order valence-corrected chi connectivity index (χ0v) is 11.6. The standard InChI is InChI=1S/C16H19FN2O/c1-9-2-3-13(18-8-9)10-6-11-14(12(17)7-10)19-15(20)16(11)4-5-16/h6-7,9,13,18H,2-5,8H2,1H3,(H,19,20). The van der Waals surface area contributed by atoms with Gasteiger partial charge in [0.05, 0.1) is 11.1 Å². The lowest BCUT2D eigenvalue weighted by molar-refractivity contribution is -0.117. The van der Waals surface area contributed by atoms with E-state index in [0.717, 1.165) is 36.9 Å². The molecule has 2 aliphatic heterocycles. The Labute approximate surface area is 117 Å². The number of carbonyl (C=O) groups excluding carboxylic acids is 1. The molecule has 2 heterocycles. The number of nitrogens with one attached hydrogen (secondary N) is 2. The highest BCUT2D eigenvalue weighted by Crippen LogP contribution is 2.56. The largest absolute Gasteiger partial charge is 0.323 e. The molecule has 4 heteroatoms. The SMILES string of the molecule is CC1CCC(c2cc(F)c3c(c2)C2(CC2)C(=O)N3)NC1. The Bertz CT molecular complexity index is 586. The van der Waals surface area contributed by atoms with Gasteiger partial charge in [0.2, 0.25) is 5.91 Å². The van der Waals surface area contributed by atoms with Crippen LogP contribution in [0.4, 0.5) is 10.1 Å². The molecule has 2 atom stereocenters. The van der Waals surface area contributed by atoms with Crippen LogP contribution in [0.25, 0.3) is 0 Å². The molecule has 20 heavy (non-hydrogen) atoms. The van der Waals surface area contributed by atoms with Gasteiger partial charge in [-0.3, -0.25) is 4.79 Å². The topological polar surface area (TPSA) is 41.1 Å². The fourth-order valence-electron chi connectivity index (χ4n) is 3.59. The second kappa shape index (κ2) is 4.04. The van der Waals surface area contributed by atoms with Crippen LogP contribution in [-0.4, -0.2) is 12.5 Å². The molecule has 1 saturated heterocycles. The van der Waals surface area contributed by atoms with E-state index >= 15 is 0 Å². The Morgan fingerprint density at radius 3 is 2.75 bits per heavy atom. The smallest absolute Gasteiger partial charge is 0.235 e. The number of hydrogen-bond acceptors (Lipinski definition) is 2. The minimum Gasteiger partial charge on any atom is -0.323 e. The van der Waals surface area contributed by atoms with Gasteiger partial charge in [0.1, 0.15) is 5.82 Å². The van der Waals surface area contributed by atoms with E-state index in [1.165, 1.54) is 6.42 Å². The van der Waals surface area contributed by atoms with E-state index < -0.39 is 5.41 Å². The second-order valence-corrected chi connectivity index (χ2v) is 6.60. The molecule has 1 aromatic rings. The van der Waals surface area contributed by atoms with Gasteiger partial charge in [-0.15, -0.1) is 0 Å². The fourth-order valence-corrected chi connectivity index (χ4v) is 3.59. The second-order valence-electron chi connectivity index (χ2n) is 6.60. The van der Waals surface area contributed by atoms with E-state index in [4.69, 9.17) is 0 Å². The molecular weight excluding hydrogens is 255 g/mol. The Balaban J connectivity index is 1.72. The third-order valence-electron chi connectivity index (χ3n) is 5.11. The molecule has 0 aromatic heterocycles. The molecule has 4 rings (SSSR count). The van der Waals surface area contributed by atoms with E-state index in [2.05, 4.69) is 23.6 Å². The highest BCUT2D eigenvalue weighted by atomic mass is 19.1. The van der Waals surface area contributed by atoms with Crippen molar-refractivity contribution in [2.24, 2.45) is 5.92 Å². The van der Waals surface area contributed by atoms with Gasteiger partial charge >= 0.3 is 0 Å². The number of amides is 1. The van der Waals surface area contributed by atoms with Crippen molar-refractivity contribution in [3.63, 3.8) is 0 Å². The average Bonchev–Trinajstić information content (AvgIpc) is 3.17. The van der Waals surface area contributed by atoms with Crippen LogP contribution in [0.2, 0.25) is 0 Å². The molecule has 0 radical (unpaired) electrons. The van der Waals surface area contributed by atoms with Crippen LogP contribution in [0.15, 0.2) is 12.1 Å². The number of piperidine rings is 1. The molecule has 1 spiro atoms. The summed E-state index contributed by atoms with van der Waals surface area (Å²) in [5.41, 5.74) is 1.89. The molecule has 3 aliphatic rings. The van der Waals surface area contributed by atoms with Crippen LogP contribution in [0.3, 0.4) is 0 Å². The van der Waals surface area contributed by atoms with Crippen molar-refractivity contribution < 1.29 is 9.18 Å². The lowest BCUT2D eigenvalue weighted by atomic mass is 9.89. The van der Waals surface area contributed by atoms with Gasteiger partial charge in [0, 0.05) is 6.04 Å². The van der Waals surface area contributed by atoms with E-state index in [1.54, 1.807) is 6.07 Å². The van der Waals surface area contributed by atoms with E-state index in [-0.39, 0.29) is 17.8 Å². The van der Waals surface area contributed by atoms with Crippen LogP contribution in [0, 0.1) is 11.7 Å². The molecule has 2 N–H and O–H groups in total. The van der Waals surface area contributed by atoms with E-state index in [1.807, 2.05) is 0 Å². The molecule has 1 amide bonds. The number of hydrogen-bond donors (Lipinski definition) is 2. The maximum absolute atomic E-state index is 14.3. The lowest BCUT2D eigenvalue weighted by Crippen LogP contribution is -2.32. The summed E-state index contributed by atoms with van der Waals surface area (Å²) in [6.07, 6.45) is 3.90. The van der Waals surface area contributed by atoms with Crippen molar-refractivity contribution in [1.29, 1.82) is 0 Å². The molecule has 3 nitrogen and oxygen atoms in total. The third-order valence-corrected chi connectivity index (χ3v) is 5.11. The number of halogens is 1. The van der Waals surface area contributed by atoms with Crippen molar-refractivity contribution in [1.82, 2.24) is 5.32 Å². The summed E-state index contributed by atoms with van der Waals surface area (Å²) in [7, 11) is 0. The first-order valence-corrected chi connectivity index (χ1v) is 7.49. The maximum atomic E-state index is 14.3. The Kier molecular flexibility index (Phi) is 2.49. The normalized spacial score (nSPS) is 30.2. The van der Waals surface area contributed by atoms with Gasteiger partial charge < -0.3 is 10.6 Å². The summed E-state index contributed by atoms with van der Waals surface area (Å²) < 4.78 is 14.3. The van der Waals surface area contributed by atoms with Crippen molar-refractivity contribution in [3.8, 4) is 0 Å². The van der Waals surface area contributed by atoms with Gasteiger partial charge in [0.25, 0.3) is 0 Å². The summed E-state index contributed by atoms with van der Waals surface area (Å²) in [5, 5.41) is 6.21. The molecule has 1 aliphatic carbocycles. The quantitative estimate of drug-likeness (QED) is 0.826. The molecule has 1 saturated carbocycles. The van der Waals surface area contributed by atoms with Crippen molar-refractivity contribution in [3.05, 3.63) is 29.1 Å². The minimum absolute atomic E-state index is 0.0197. The first-order chi connectivity index (χ1) is 9.60. The van der Waals surface area contributed by atoms with Crippen LogP contribution in [-0.2, 0) is 10.2 Å². The Morgan fingerprint density at radius 1 is 1.30 bits per heavy atom. The molecule has 106 valence electrons. The van der Waals surface area contributed by atoms with Gasteiger partial charge in [0.15, 0.2) is 0 Å². The highest BCUT2D eigenvalue weighted by Gasteiger charge is 2.57. The lowest BCUT2D eigenvalue weighted by Gasteiger charge is -2.28. The number of anilines is 1. The number of carbonyl (C=O) groups is 1. The van der Waals surface area contributed by atoms with Gasteiger partial charge in [-0.2, -0.15) is 0 Å². The third kappa shape index (κ3) is 1.64. The summed E-state index contributed by atoms with van der Waals surface area (Å²) in [6.45, 7) is 3.21. The molecule has 0 bridgehead atoms. The van der Waals surface area contributed by atoms with Gasteiger partial charge in [-0.05, 0) is 55.3 Å². The first-order valence-electron chi connectivity index (χ1n) is 7.49. The summed E-state index contributed by atoms with van der Waals surface area (Å²) in [6, 6.07) is 3.86. The average molecular weight is 274 g/mol. The number of rotatable bonds is 1. The monoisotopic (exact) mass is 274 g/mol.